The first-order chi connectivity index (χ1) is 12.6. The van der Waals surface area contributed by atoms with Gasteiger partial charge < -0.3 is 9.72 Å². The Hall–Kier alpha value is -3.04. The van der Waals surface area contributed by atoms with Gasteiger partial charge in [-0.1, -0.05) is 41.6 Å². The van der Waals surface area contributed by atoms with Gasteiger partial charge in [0.05, 0.1) is 5.69 Å². The molecule has 0 atom stereocenters. The number of aryl methyl sites for hydroxylation is 1. The van der Waals surface area contributed by atoms with Gasteiger partial charge in [-0.05, 0) is 43.0 Å². The van der Waals surface area contributed by atoms with E-state index in [1.165, 1.54) is 17.3 Å². The van der Waals surface area contributed by atoms with Crippen LogP contribution in [0.25, 0.3) is 11.3 Å². The lowest BCUT2D eigenvalue weighted by molar-refractivity contribution is 0.306. The van der Waals surface area contributed by atoms with Crippen LogP contribution in [-0.4, -0.2) is 16.2 Å². The Morgan fingerprint density at radius 3 is 2.65 bits per heavy atom. The molecule has 1 N–H and O–H groups in total. The first kappa shape index (κ1) is 17.8. The van der Waals surface area contributed by atoms with E-state index in [0.717, 1.165) is 5.56 Å². The summed E-state index contributed by atoms with van der Waals surface area (Å²) in [5, 5.41) is 9.75. The number of aromatic amines is 1. The summed E-state index contributed by atoms with van der Waals surface area (Å²) in [7, 11) is 0. The predicted molar refractivity (Wildman–Crippen MR) is 102 cm³/mol. The number of nitrogens with zero attached hydrogens (tertiary/aromatic N) is 2. The zero-order chi connectivity index (χ0) is 18.5. The molecular formula is C20H17N3O2S. The topological polar surface area (TPSA) is 78.8 Å². The van der Waals surface area contributed by atoms with Gasteiger partial charge >= 0.3 is 0 Å². The summed E-state index contributed by atoms with van der Waals surface area (Å²) < 4.78 is 5.81. The minimum atomic E-state index is -0.429. The third kappa shape index (κ3) is 3.95. The van der Waals surface area contributed by atoms with Crippen molar-refractivity contribution in [3.8, 4) is 23.1 Å². The van der Waals surface area contributed by atoms with Gasteiger partial charge in [0.25, 0.3) is 5.56 Å². The Kier molecular flexibility index (Phi) is 5.40. The highest BCUT2D eigenvalue weighted by Gasteiger charge is 2.13. The maximum atomic E-state index is 12.0. The molecule has 1 aromatic heterocycles. The van der Waals surface area contributed by atoms with E-state index < -0.39 is 5.56 Å². The van der Waals surface area contributed by atoms with Crippen LogP contribution in [0.2, 0.25) is 0 Å². The normalized spacial score (nSPS) is 10.3. The summed E-state index contributed by atoms with van der Waals surface area (Å²) in [6.45, 7) is 2.52. The first-order valence-corrected chi connectivity index (χ1v) is 9.20. The van der Waals surface area contributed by atoms with Crippen LogP contribution in [0.5, 0.6) is 5.75 Å². The minimum Gasteiger partial charge on any atom is -0.489 e. The van der Waals surface area contributed by atoms with Crippen molar-refractivity contribution in [3.05, 3.63) is 75.6 Å². The zero-order valence-electron chi connectivity index (χ0n) is 14.4. The number of ether oxygens (including phenoxy) is 1. The van der Waals surface area contributed by atoms with Gasteiger partial charge in [-0.25, -0.2) is 4.98 Å². The SMILES string of the molecule is CSc1nc(-c2ccc(OCc3cccc(C)c3)cc2)c(C#N)c(=O)[nH]1. The number of nitriles is 1. The summed E-state index contributed by atoms with van der Waals surface area (Å²) in [6.07, 6.45) is 1.82. The van der Waals surface area contributed by atoms with Crippen molar-refractivity contribution >= 4 is 11.8 Å². The van der Waals surface area contributed by atoms with E-state index in [1.54, 1.807) is 12.1 Å². The lowest BCUT2D eigenvalue weighted by atomic mass is 10.1. The van der Waals surface area contributed by atoms with E-state index in [-0.39, 0.29) is 5.56 Å². The number of rotatable bonds is 5. The van der Waals surface area contributed by atoms with Crippen LogP contribution in [0.1, 0.15) is 16.7 Å². The Balaban J connectivity index is 1.83. The molecule has 0 saturated carbocycles. The summed E-state index contributed by atoms with van der Waals surface area (Å²) >= 11 is 1.32. The number of H-pyrrole nitrogens is 1. The molecule has 0 aliphatic carbocycles. The average Bonchev–Trinajstić information content (AvgIpc) is 2.66. The molecule has 2 aromatic carbocycles. The van der Waals surface area contributed by atoms with Gasteiger partial charge in [0.2, 0.25) is 0 Å². The number of hydrogen-bond acceptors (Lipinski definition) is 5. The largest absolute Gasteiger partial charge is 0.489 e. The quantitative estimate of drug-likeness (QED) is 0.549. The maximum Gasteiger partial charge on any atom is 0.270 e. The summed E-state index contributed by atoms with van der Waals surface area (Å²) in [5.41, 5.74) is 2.95. The van der Waals surface area contributed by atoms with Gasteiger partial charge in [-0.15, -0.1) is 0 Å². The lowest BCUT2D eigenvalue weighted by Gasteiger charge is -2.09. The van der Waals surface area contributed by atoms with Crippen molar-refractivity contribution < 1.29 is 4.74 Å². The molecular weight excluding hydrogens is 346 g/mol. The minimum absolute atomic E-state index is 0.0104. The van der Waals surface area contributed by atoms with Crippen molar-refractivity contribution in [1.82, 2.24) is 9.97 Å². The third-order valence-corrected chi connectivity index (χ3v) is 4.40. The standard InChI is InChI=1S/C20H17N3O2S/c1-13-4-3-5-14(10-13)12-25-16-8-6-15(7-9-16)18-17(11-21)19(24)23-20(22-18)26-2/h3-10H,12H2,1-2H3,(H,22,23,24). The molecule has 0 saturated heterocycles. The molecule has 5 nitrogen and oxygen atoms in total. The second-order valence-corrected chi connectivity index (χ2v) is 6.51. The Labute approximate surface area is 155 Å². The van der Waals surface area contributed by atoms with E-state index in [1.807, 2.05) is 49.6 Å². The highest BCUT2D eigenvalue weighted by atomic mass is 32.2. The molecule has 6 heteroatoms. The molecule has 0 radical (unpaired) electrons. The van der Waals surface area contributed by atoms with Crippen LogP contribution in [-0.2, 0) is 6.61 Å². The van der Waals surface area contributed by atoms with Crippen molar-refractivity contribution in [3.63, 3.8) is 0 Å². The van der Waals surface area contributed by atoms with E-state index >= 15 is 0 Å². The van der Waals surface area contributed by atoms with E-state index in [4.69, 9.17) is 4.74 Å². The number of aromatic nitrogens is 2. The smallest absolute Gasteiger partial charge is 0.270 e. The fourth-order valence-corrected chi connectivity index (χ4v) is 2.92. The summed E-state index contributed by atoms with van der Waals surface area (Å²) in [4.78, 5) is 19.0. The van der Waals surface area contributed by atoms with Gasteiger partial charge in [-0.3, -0.25) is 4.79 Å². The van der Waals surface area contributed by atoms with Crippen LogP contribution >= 0.6 is 11.8 Å². The number of hydrogen-bond donors (Lipinski definition) is 1. The summed E-state index contributed by atoms with van der Waals surface area (Å²) in [5.74, 6) is 0.712. The third-order valence-electron chi connectivity index (χ3n) is 3.82. The second-order valence-electron chi connectivity index (χ2n) is 5.71. The van der Waals surface area contributed by atoms with Crippen molar-refractivity contribution in [2.45, 2.75) is 18.7 Å². The highest BCUT2D eigenvalue weighted by molar-refractivity contribution is 7.98. The molecule has 0 spiro atoms. The lowest BCUT2D eigenvalue weighted by Crippen LogP contribution is -2.14. The van der Waals surface area contributed by atoms with Crippen molar-refractivity contribution in [2.24, 2.45) is 0 Å². The monoisotopic (exact) mass is 363 g/mol. The van der Waals surface area contributed by atoms with Crippen molar-refractivity contribution in [2.75, 3.05) is 6.26 Å². The van der Waals surface area contributed by atoms with E-state index in [0.29, 0.717) is 28.8 Å². The van der Waals surface area contributed by atoms with Crippen LogP contribution in [0.4, 0.5) is 0 Å². The second kappa shape index (κ2) is 7.89. The van der Waals surface area contributed by atoms with E-state index in [9.17, 15) is 10.1 Å². The molecule has 0 unspecified atom stereocenters. The van der Waals surface area contributed by atoms with Crippen molar-refractivity contribution in [1.29, 1.82) is 5.26 Å². The molecule has 0 fully saturated rings. The van der Waals surface area contributed by atoms with Crippen LogP contribution in [0.15, 0.2) is 58.5 Å². The van der Waals surface area contributed by atoms with Crippen LogP contribution < -0.4 is 10.3 Å². The predicted octanol–water partition coefficient (Wildman–Crippen LogP) is 3.92. The molecule has 0 aliphatic rings. The van der Waals surface area contributed by atoms with Gasteiger partial charge in [0.15, 0.2) is 5.16 Å². The fourth-order valence-electron chi connectivity index (χ4n) is 2.54. The molecule has 26 heavy (non-hydrogen) atoms. The first-order valence-electron chi connectivity index (χ1n) is 7.98. The Bertz CT molecular complexity index is 1020. The van der Waals surface area contributed by atoms with Crippen LogP contribution in [0.3, 0.4) is 0 Å². The number of thioether (sulfide) groups is 1. The Morgan fingerprint density at radius 1 is 1.23 bits per heavy atom. The molecule has 0 bridgehead atoms. The fraction of sp³-hybridized carbons (Fsp3) is 0.150. The summed E-state index contributed by atoms with van der Waals surface area (Å²) in [6, 6.07) is 17.3. The highest BCUT2D eigenvalue weighted by Crippen LogP contribution is 2.24. The molecule has 130 valence electrons. The number of benzene rings is 2. The van der Waals surface area contributed by atoms with Gasteiger partial charge in [0, 0.05) is 5.56 Å². The van der Waals surface area contributed by atoms with Crippen LogP contribution in [0, 0.1) is 18.3 Å². The zero-order valence-corrected chi connectivity index (χ0v) is 15.3. The Morgan fingerprint density at radius 2 is 2.00 bits per heavy atom. The molecule has 0 amide bonds. The van der Waals surface area contributed by atoms with Gasteiger partial charge in [0.1, 0.15) is 24.0 Å². The maximum absolute atomic E-state index is 12.0. The number of nitrogens with one attached hydrogen (secondary N) is 1. The van der Waals surface area contributed by atoms with Gasteiger partial charge in [-0.2, -0.15) is 5.26 Å². The van der Waals surface area contributed by atoms with E-state index in [2.05, 4.69) is 16.0 Å². The molecule has 0 aliphatic heterocycles. The average molecular weight is 363 g/mol. The molecule has 3 aromatic rings. The molecule has 1 heterocycles. The molecule has 3 rings (SSSR count).